The third-order valence-electron chi connectivity index (χ3n) is 1.39. The molecule has 0 atom stereocenters. The molecule has 2 aliphatic heterocycles. The normalized spacial score (nSPS) is 19.2. The molecule has 2 fully saturated rings. The molecule has 0 spiro atoms. The third-order valence-corrected chi connectivity index (χ3v) is 5.45. The number of rotatable bonds is 1. The third kappa shape index (κ3) is 13.9. The van der Waals surface area contributed by atoms with E-state index >= 15 is 0 Å². The summed E-state index contributed by atoms with van der Waals surface area (Å²) in [6.07, 6.45) is 0.736. The van der Waals surface area contributed by atoms with Crippen LogP contribution in [-0.4, -0.2) is 40.1 Å². The van der Waals surface area contributed by atoms with Crippen molar-refractivity contribution in [2.45, 2.75) is 16.9 Å². The van der Waals surface area contributed by atoms with E-state index in [4.69, 9.17) is 31.0 Å². The van der Waals surface area contributed by atoms with E-state index < -0.39 is 0 Å². The molecule has 0 aromatic heterocycles. The maximum atomic E-state index is 6.39. The molecule has 2 saturated heterocycles. The monoisotopic (exact) mass is 331 g/mol. The molecule has 88 valence electrons. The second-order valence-corrected chi connectivity index (χ2v) is 6.41. The van der Waals surface area contributed by atoms with Gasteiger partial charge in [0.15, 0.2) is 0 Å². The second-order valence-electron chi connectivity index (χ2n) is 2.92. The van der Waals surface area contributed by atoms with E-state index in [0.29, 0.717) is 17.0 Å². The van der Waals surface area contributed by atoms with Crippen molar-refractivity contribution < 1.29 is 19.5 Å². The molecule has 0 radical (unpaired) electrons. The Morgan fingerprint density at radius 2 is 1.27 bits per heavy atom. The predicted octanol–water partition coefficient (Wildman–Crippen LogP) is 2.56. The van der Waals surface area contributed by atoms with E-state index in [-0.39, 0.29) is 19.5 Å². The van der Waals surface area contributed by atoms with Crippen LogP contribution in [0, 0.1) is 6.92 Å². The summed E-state index contributed by atoms with van der Waals surface area (Å²) in [6, 6.07) is 0. The van der Waals surface area contributed by atoms with Crippen molar-refractivity contribution in [1.82, 2.24) is 0 Å². The van der Waals surface area contributed by atoms with Crippen LogP contribution in [0.3, 0.4) is 0 Å². The number of nitrogens with one attached hydrogen (secondary N) is 1. The Morgan fingerprint density at radius 1 is 1.07 bits per heavy atom. The Morgan fingerprint density at radius 3 is 1.27 bits per heavy atom. The van der Waals surface area contributed by atoms with E-state index in [1.54, 1.807) is 0 Å². The van der Waals surface area contributed by atoms with Gasteiger partial charge in [0.25, 0.3) is 0 Å². The molecule has 0 bridgehead atoms. The molecule has 2 rings (SSSR count). The fraction of sp³-hybridized carbons (Fsp3) is 0.889. The molecule has 0 aromatic carbocycles. The van der Waals surface area contributed by atoms with E-state index in [2.05, 4.69) is 6.92 Å². The van der Waals surface area contributed by atoms with E-state index in [1.807, 2.05) is 23.5 Å². The van der Waals surface area contributed by atoms with Gasteiger partial charge in [0.2, 0.25) is 0 Å². The average molecular weight is 333 g/mol. The van der Waals surface area contributed by atoms with Crippen LogP contribution in [0.15, 0.2) is 0 Å². The summed E-state index contributed by atoms with van der Waals surface area (Å²) in [5.41, 5.74) is 6.39. The summed E-state index contributed by atoms with van der Waals surface area (Å²) in [6.45, 7) is 3.88. The first kappa shape index (κ1) is 19.3. The van der Waals surface area contributed by atoms with Gasteiger partial charge >= 0.3 is 0 Å². The average Bonchev–Trinajstić information content (AvgIpc) is 2.13. The van der Waals surface area contributed by atoms with Crippen LogP contribution < -0.4 is 0 Å². The van der Waals surface area contributed by atoms with Gasteiger partial charge in [-0.1, -0.05) is 0 Å². The number of hydrogen-bond donors (Lipinski definition) is 0. The summed E-state index contributed by atoms with van der Waals surface area (Å²) in [7, 11) is 0. The van der Waals surface area contributed by atoms with Crippen LogP contribution >= 0.6 is 23.5 Å². The summed E-state index contributed by atoms with van der Waals surface area (Å²) < 4.78 is 0. The van der Waals surface area contributed by atoms with Crippen molar-refractivity contribution in [2.75, 3.05) is 29.6 Å². The maximum absolute atomic E-state index is 6.39. The van der Waals surface area contributed by atoms with Crippen LogP contribution in [0.5, 0.6) is 0 Å². The molecular weight excluding hydrogens is 316 g/mol. The molecule has 6 heteroatoms. The van der Waals surface area contributed by atoms with Gasteiger partial charge in [-0.2, -0.15) is 30.1 Å². The topological polar surface area (TPSA) is 23.8 Å². The van der Waals surface area contributed by atoms with Gasteiger partial charge in [0, 0.05) is 19.5 Å². The Kier molecular flexibility index (Phi) is 18.1. The van der Waals surface area contributed by atoms with Crippen LogP contribution in [0.25, 0.3) is 5.73 Å². The van der Waals surface area contributed by atoms with Gasteiger partial charge in [0.05, 0.1) is 0 Å². The molecule has 0 aliphatic carbocycles. The van der Waals surface area contributed by atoms with Crippen LogP contribution in [0.4, 0.5) is 0 Å². The van der Waals surface area contributed by atoms with Crippen LogP contribution in [0.1, 0.15) is 6.42 Å². The summed E-state index contributed by atoms with van der Waals surface area (Å²) in [5, 5.41) is 1.22. The van der Waals surface area contributed by atoms with Crippen LogP contribution in [-0.2, 0) is 44.7 Å². The van der Waals surface area contributed by atoms with Gasteiger partial charge in [-0.05, 0) is 23.0 Å². The molecule has 0 aromatic rings. The van der Waals surface area contributed by atoms with Crippen LogP contribution in [0.2, 0.25) is 0 Å². The Labute approximate surface area is 126 Å². The molecule has 2 heterocycles. The summed E-state index contributed by atoms with van der Waals surface area (Å²) in [4.78, 5) is 0. The number of thioether (sulfide) groups is 2. The van der Waals surface area contributed by atoms with Crippen molar-refractivity contribution in [2.24, 2.45) is 0 Å². The zero-order valence-corrected chi connectivity index (χ0v) is 15.2. The molecule has 0 saturated carbocycles. The van der Waals surface area contributed by atoms with E-state index in [9.17, 15) is 0 Å². The zero-order chi connectivity index (χ0) is 10.8. The largest absolute Gasteiger partial charge is 0.788 e. The minimum absolute atomic E-state index is 0. The van der Waals surface area contributed by atoms with Crippen molar-refractivity contribution in [1.29, 1.82) is 0 Å². The molecule has 1 nitrogen and oxygen atoms in total. The van der Waals surface area contributed by atoms with Gasteiger partial charge in [0.1, 0.15) is 0 Å². The van der Waals surface area contributed by atoms with Crippen molar-refractivity contribution >= 4 is 48.8 Å². The van der Waals surface area contributed by atoms with E-state index in [1.165, 1.54) is 23.0 Å². The molecule has 0 unspecified atom stereocenters. The SMILES string of the molecule is [CH2-]CC[NH-].[S-]C1CSC1.[S-]C1CSC1.[Zn]. The van der Waals surface area contributed by atoms with Gasteiger partial charge in [-0.15, -0.1) is 10.5 Å². The predicted molar refractivity (Wildman–Crippen MR) is 76.1 cm³/mol. The Hall–Kier alpha value is 1.98. The van der Waals surface area contributed by atoms with Crippen molar-refractivity contribution in [3.8, 4) is 0 Å². The maximum Gasteiger partial charge on any atom is 0 e. The fourth-order valence-corrected chi connectivity index (χ4v) is 2.44. The molecule has 15 heavy (non-hydrogen) atoms. The van der Waals surface area contributed by atoms with Gasteiger partial charge < -0.3 is 37.9 Å². The summed E-state index contributed by atoms with van der Waals surface area (Å²) in [5.74, 6) is 4.87. The van der Waals surface area contributed by atoms with Crippen molar-refractivity contribution in [3.63, 3.8) is 0 Å². The molecule has 2 aliphatic rings. The first-order valence-corrected chi connectivity index (χ1v) is 7.86. The quantitative estimate of drug-likeness (QED) is 0.418. The first-order valence-electron chi connectivity index (χ1n) is 4.61. The second kappa shape index (κ2) is 14.0. The Bertz CT molecular complexity index is 107. The standard InChI is InChI=1S/C3H7N.2C3H6S2.Zn/c1-2-3-4;2*4-3-1-5-2-3;/h4H,1-3H2;2*3-4H,1-2H2;/q-2;;;/p-2. The number of hydrogen-bond acceptors (Lipinski definition) is 4. The van der Waals surface area contributed by atoms with Crippen molar-refractivity contribution in [3.05, 3.63) is 12.7 Å². The Balaban J connectivity index is 0. The van der Waals surface area contributed by atoms with Gasteiger partial charge in [-0.3, -0.25) is 0 Å². The molecular formula is C9H17NS4Zn-4. The first-order chi connectivity index (χ1) is 6.70. The molecule has 1 N–H and O–H groups in total. The minimum Gasteiger partial charge on any atom is -0.788 e. The van der Waals surface area contributed by atoms with E-state index in [0.717, 1.165) is 6.42 Å². The molecule has 0 amide bonds. The van der Waals surface area contributed by atoms with Gasteiger partial charge in [-0.25, -0.2) is 6.42 Å². The minimum atomic E-state index is 0. The summed E-state index contributed by atoms with van der Waals surface area (Å²) >= 11 is 13.6. The zero-order valence-electron chi connectivity index (χ0n) is 8.94. The smallest absolute Gasteiger partial charge is 0 e. The fourth-order valence-electron chi connectivity index (χ4n) is 0.428.